The third kappa shape index (κ3) is 2.86. The molecule has 0 unspecified atom stereocenters. The minimum absolute atomic E-state index is 0.269. The fourth-order valence-electron chi connectivity index (χ4n) is 2.28. The van der Waals surface area contributed by atoms with Gasteiger partial charge in [0.05, 0.1) is 18.6 Å². The van der Waals surface area contributed by atoms with E-state index < -0.39 is 12.0 Å². The quantitative estimate of drug-likeness (QED) is 0.789. The topological polar surface area (TPSA) is 69.7 Å². The number of aliphatic carboxylic acids is 1. The van der Waals surface area contributed by atoms with Crippen LogP contribution in [0.3, 0.4) is 0 Å². The molecule has 5 nitrogen and oxygen atoms in total. The summed E-state index contributed by atoms with van der Waals surface area (Å²) in [6, 6.07) is 5.91. The van der Waals surface area contributed by atoms with Crippen molar-refractivity contribution in [3.05, 3.63) is 29.8 Å². The molecule has 0 spiro atoms. The van der Waals surface area contributed by atoms with Crippen molar-refractivity contribution in [2.75, 3.05) is 13.2 Å². The van der Waals surface area contributed by atoms with Crippen molar-refractivity contribution in [1.82, 2.24) is 4.90 Å². The van der Waals surface area contributed by atoms with Gasteiger partial charge in [-0.15, -0.1) is 0 Å². The number of hydrogen-bond donors (Lipinski definition) is 0. The average Bonchev–Trinajstić information content (AvgIpc) is 2.88. The minimum Gasteiger partial charge on any atom is -0.548 e. The summed E-state index contributed by atoms with van der Waals surface area (Å²) < 4.78 is 5.30. The Balaban J connectivity index is 2.12. The molecular formula is C14H16NO4-. The highest BCUT2D eigenvalue weighted by Crippen LogP contribution is 2.21. The molecule has 1 aromatic carbocycles. The predicted octanol–water partition coefficient (Wildman–Crippen LogP) is 0.440. The van der Waals surface area contributed by atoms with Crippen molar-refractivity contribution in [3.63, 3.8) is 0 Å². The smallest absolute Gasteiger partial charge is 0.254 e. The summed E-state index contributed by atoms with van der Waals surface area (Å²) in [5, 5.41) is 11.0. The monoisotopic (exact) mass is 262 g/mol. The van der Waals surface area contributed by atoms with Gasteiger partial charge in [-0.1, -0.05) is 0 Å². The predicted molar refractivity (Wildman–Crippen MR) is 66.7 cm³/mol. The van der Waals surface area contributed by atoms with Crippen LogP contribution in [0.15, 0.2) is 24.3 Å². The summed E-state index contributed by atoms with van der Waals surface area (Å²) in [7, 11) is 0. The number of ether oxygens (including phenoxy) is 1. The van der Waals surface area contributed by atoms with Crippen LogP contribution in [-0.2, 0) is 4.79 Å². The molecule has 1 aliphatic rings. The lowest BCUT2D eigenvalue weighted by molar-refractivity contribution is -0.310. The van der Waals surface area contributed by atoms with Gasteiger partial charge in [0.25, 0.3) is 5.91 Å². The number of hydrogen-bond acceptors (Lipinski definition) is 4. The van der Waals surface area contributed by atoms with Gasteiger partial charge in [0, 0.05) is 12.1 Å². The fourth-order valence-corrected chi connectivity index (χ4v) is 2.28. The first-order chi connectivity index (χ1) is 9.13. The van der Waals surface area contributed by atoms with E-state index in [1.54, 1.807) is 24.3 Å². The van der Waals surface area contributed by atoms with Crippen LogP contribution in [-0.4, -0.2) is 36.0 Å². The van der Waals surface area contributed by atoms with E-state index in [1.165, 1.54) is 4.90 Å². The van der Waals surface area contributed by atoms with Crippen molar-refractivity contribution in [3.8, 4) is 5.75 Å². The normalized spacial score (nSPS) is 18.4. The molecule has 0 aliphatic carbocycles. The van der Waals surface area contributed by atoms with Crippen LogP contribution in [0.5, 0.6) is 5.75 Å². The van der Waals surface area contributed by atoms with Crippen LogP contribution in [0.4, 0.5) is 0 Å². The molecule has 0 saturated carbocycles. The number of carbonyl (C=O) groups excluding carboxylic acids is 2. The van der Waals surface area contributed by atoms with Crippen molar-refractivity contribution in [2.24, 2.45) is 0 Å². The van der Waals surface area contributed by atoms with E-state index in [0.717, 1.165) is 0 Å². The molecule has 0 radical (unpaired) electrons. The molecule has 1 aliphatic heterocycles. The van der Waals surface area contributed by atoms with E-state index >= 15 is 0 Å². The summed E-state index contributed by atoms with van der Waals surface area (Å²) in [6.45, 7) is 2.91. The van der Waals surface area contributed by atoms with Gasteiger partial charge >= 0.3 is 0 Å². The second-order valence-corrected chi connectivity index (χ2v) is 4.43. The number of carboxylic acid groups (broad SMARTS) is 1. The van der Waals surface area contributed by atoms with Crippen LogP contribution in [0.1, 0.15) is 30.1 Å². The summed E-state index contributed by atoms with van der Waals surface area (Å²) in [5.41, 5.74) is 0.469. The van der Waals surface area contributed by atoms with Crippen molar-refractivity contribution < 1.29 is 19.4 Å². The Morgan fingerprint density at radius 3 is 2.63 bits per heavy atom. The van der Waals surface area contributed by atoms with Crippen molar-refractivity contribution in [2.45, 2.75) is 25.8 Å². The Bertz CT molecular complexity index is 469. The molecule has 0 N–H and O–H groups in total. The third-order valence-corrected chi connectivity index (χ3v) is 3.20. The number of nitrogens with zero attached hydrogens (tertiary/aromatic N) is 1. The van der Waals surface area contributed by atoms with Gasteiger partial charge in [-0.25, -0.2) is 0 Å². The first-order valence-corrected chi connectivity index (χ1v) is 6.38. The Kier molecular flexibility index (Phi) is 4.04. The molecule has 1 amide bonds. The maximum Gasteiger partial charge on any atom is 0.254 e. The van der Waals surface area contributed by atoms with Gasteiger partial charge < -0.3 is 19.5 Å². The molecular weight excluding hydrogens is 246 g/mol. The summed E-state index contributed by atoms with van der Waals surface area (Å²) in [4.78, 5) is 24.6. The minimum atomic E-state index is -1.18. The lowest BCUT2D eigenvalue weighted by atomic mass is 10.1. The van der Waals surface area contributed by atoms with E-state index in [1.807, 2.05) is 6.92 Å². The van der Waals surface area contributed by atoms with Gasteiger partial charge in [0.1, 0.15) is 5.75 Å². The highest BCUT2D eigenvalue weighted by Gasteiger charge is 2.30. The number of carboxylic acids is 1. The van der Waals surface area contributed by atoms with Gasteiger partial charge in [-0.05, 0) is 44.0 Å². The molecule has 1 saturated heterocycles. The van der Waals surface area contributed by atoms with Gasteiger partial charge in [-0.3, -0.25) is 4.79 Å². The summed E-state index contributed by atoms with van der Waals surface area (Å²) >= 11 is 0. The maximum atomic E-state index is 12.2. The lowest BCUT2D eigenvalue weighted by Gasteiger charge is -2.25. The zero-order chi connectivity index (χ0) is 13.8. The molecule has 0 aromatic heterocycles. The molecule has 19 heavy (non-hydrogen) atoms. The lowest BCUT2D eigenvalue weighted by Crippen LogP contribution is -2.46. The van der Waals surface area contributed by atoms with Crippen LogP contribution in [0.2, 0.25) is 0 Å². The van der Waals surface area contributed by atoms with E-state index in [-0.39, 0.29) is 5.91 Å². The number of carbonyl (C=O) groups is 2. The molecule has 102 valence electrons. The maximum absolute atomic E-state index is 12.2. The van der Waals surface area contributed by atoms with Gasteiger partial charge in [-0.2, -0.15) is 0 Å². The van der Waals surface area contributed by atoms with Crippen LogP contribution < -0.4 is 9.84 Å². The van der Waals surface area contributed by atoms with E-state index in [2.05, 4.69) is 0 Å². The van der Waals surface area contributed by atoms with Crippen molar-refractivity contribution in [1.29, 1.82) is 0 Å². The second-order valence-electron chi connectivity index (χ2n) is 4.43. The second kappa shape index (κ2) is 5.73. The van der Waals surface area contributed by atoms with E-state index in [0.29, 0.717) is 37.3 Å². The standard InChI is InChI=1S/C14H17NO4/c1-2-19-11-7-5-10(6-8-11)13(16)15-9-3-4-12(15)14(17)18/h5-8,12H,2-4,9H2,1H3,(H,17,18)/p-1/t12-/m0/s1. The van der Waals surface area contributed by atoms with Gasteiger partial charge in [0.2, 0.25) is 0 Å². The largest absolute Gasteiger partial charge is 0.548 e. The molecule has 0 bridgehead atoms. The number of likely N-dealkylation sites (tertiary alicyclic amines) is 1. The highest BCUT2D eigenvalue weighted by molar-refractivity contribution is 5.96. The molecule has 1 heterocycles. The highest BCUT2D eigenvalue weighted by atomic mass is 16.5. The SMILES string of the molecule is CCOc1ccc(C(=O)N2CCC[C@H]2C(=O)[O-])cc1. The van der Waals surface area contributed by atoms with Crippen molar-refractivity contribution >= 4 is 11.9 Å². The Morgan fingerprint density at radius 2 is 2.05 bits per heavy atom. The zero-order valence-electron chi connectivity index (χ0n) is 10.8. The molecule has 1 atom stereocenters. The van der Waals surface area contributed by atoms with Crippen LogP contribution in [0.25, 0.3) is 0 Å². The summed E-state index contributed by atoms with van der Waals surface area (Å²) in [6.07, 6.45) is 1.16. The number of rotatable bonds is 4. The molecule has 1 aromatic rings. The third-order valence-electron chi connectivity index (χ3n) is 3.20. The Labute approximate surface area is 111 Å². The number of amides is 1. The van der Waals surface area contributed by atoms with E-state index in [9.17, 15) is 14.7 Å². The molecule has 1 fully saturated rings. The van der Waals surface area contributed by atoms with Crippen LogP contribution in [0, 0.1) is 0 Å². The van der Waals surface area contributed by atoms with E-state index in [4.69, 9.17) is 4.74 Å². The first kappa shape index (κ1) is 13.4. The zero-order valence-corrected chi connectivity index (χ0v) is 10.8. The number of benzene rings is 1. The first-order valence-electron chi connectivity index (χ1n) is 6.38. The Morgan fingerprint density at radius 1 is 1.37 bits per heavy atom. The Hall–Kier alpha value is -2.04. The molecule has 5 heteroatoms. The van der Waals surface area contributed by atoms with Crippen LogP contribution >= 0.6 is 0 Å². The van der Waals surface area contributed by atoms with Gasteiger partial charge in [0.15, 0.2) is 0 Å². The summed E-state index contributed by atoms with van der Waals surface area (Å²) in [5.74, 6) is -0.761. The average molecular weight is 262 g/mol. The molecule has 2 rings (SSSR count). The fraction of sp³-hybridized carbons (Fsp3) is 0.429.